The Morgan fingerprint density at radius 3 is 2.53 bits per heavy atom. The van der Waals surface area contributed by atoms with Crippen molar-refractivity contribution in [3.8, 4) is 11.1 Å². The van der Waals surface area contributed by atoms with Crippen LogP contribution in [0, 0.1) is 6.92 Å². The van der Waals surface area contributed by atoms with Crippen LogP contribution in [0.2, 0.25) is 0 Å². The van der Waals surface area contributed by atoms with Crippen molar-refractivity contribution in [1.29, 1.82) is 0 Å². The zero-order chi connectivity index (χ0) is 22.1. The van der Waals surface area contributed by atoms with Crippen LogP contribution in [-0.4, -0.2) is 65.4 Å². The molecular weight excluding hydrogens is 420 g/mol. The van der Waals surface area contributed by atoms with Crippen LogP contribution in [0.1, 0.15) is 21.8 Å². The van der Waals surface area contributed by atoms with Crippen molar-refractivity contribution in [2.75, 3.05) is 37.6 Å². The maximum absolute atomic E-state index is 12.9. The van der Waals surface area contributed by atoms with Gasteiger partial charge < -0.3 is 9.80 Å². The molecule has 0 spiro atoms. The van der Waals surface area contributed by atoms with Crippen LogP contribution in [0.4, 0.5) is 5.69 Å². The predicted molar refractivity (Wildman–Crippen MR) is 127 cm³/mol. The molecule has 1 atom stereocenters. The second kappa shape index (κ2) is 8.84. The van der Waals surface area contributed by atoms with Crippen LogP contribution < -0.4 is 4.90 Å². The number of benzene rings is 2. The molecule has 7 heteroatoms. The van der Waals surface area contributed by atoms with E-state index in [0.717, 1.165) is 35.5 Å². The van der Waals surface area contributed by atoms with Crippen molar-refractivity contribution in [1.82, 2.24) is 14.8 Å². The van der Waals surface area contributed by atoms with E-state index in [-0.39, 0.29) is 17.9 Å². The number of hydrogen-bond donors (Lipinski definition) is 0. The van der Waals surface area contributed by atoms with Crippen LogP contribution >= 0.6 is 11.3 Å². The lowest BCUT2D eigenvalue weighted by Gasteiger charge is -2.37. The van der Waals surface area contributed by atoms with Crippen molar-refractivity contribution in [2.45, 2.75) is 19.4 Å². The molecule has 5 rings (SSSR count). The number of anilines is 1. The first-order valence-corrected chi connectivity index (χ1v) is 11.9. The monoisotopic (exact) mass is 446 g/mol. The molecule has 0 bridgehead atoms. The summed E-state index contributed by atoms with van der Waals surface area (Å²) in [5, 5.41) is 2.38. The summed E-state index contributed by atoms with van der Waals surface area (Å²) in [5.41, 5.74) is 4.40. The van der Waals surface area contributed by atoms with Crippen molar-refractivity contribution < 1.29 is 9.59 Å². The second-order valence-corrected chi connectivity index (χ2v) is 9.35. The highest BCUT2D eigenvalue weighted by atomic mass is 32.1. The molecule has 2 saturated heterocycles. The van der Waals surface area contributed by atoms with E-state index in [1.54, 1.807) is 6.20 Å². The number of carbonyl (C=O) groups excluding carboxylic acids is 2. The Bertz CT molecular complexity index is 1110. The van der Waals surface area contributed by atoms with Gasteiger partial charge in [0.25, 0.3) is 5.91 Å². The van der Waals surface area contributed by atoms with Gasteiger partial charge >= 0.3 is 0 Å². The third-order valence-corrected chi connectivity index (χ3v) is 7.08. The van der Waals surface area contributed by atoms with E-state index in [2.05, 4.69) is 47.1 Å². The average Bonchev–Trinajstić information content (AvgIpc) is 3.49. The highest BCUT2D eigenvalue weighted by Crippen LogP contribution is 2.30. The maximum Gasteiger partial charge on any atom is 0.282 e. The van der Waals surface area contributed by atoms with Crippen molar-refractivity contribution in [3.63, 3.8) is 0 Å². The number of piperazine rings is 1. The Hall–Kier alpha value is -3.03. The number of aromatic nitrogens is 1. The van der Waals surface area contributed by atoms with E-state index in [9.17, 15) is 9.59 Å². The van der Waals surface area contributed by atoms with Gasteiger partial charge in [0.1, 0.15) is 0 Å². The average molecular weight is 447 g/mol. The molecule has 3 heterocycles. The summed E-state index contributed by atoms with van der Waals surface area (Å²) in [4.78, 5) is 35.8. The van der Waals surface area contributed by atoms with Gasteiger partial charge in [-0.25, -0.2) is 4.98 Å². The Balaban J connectivity index is 1.26. The molecule has 32 heavy (non-hydrogen) atoms. The summed E-state index contributed by atoms with van der Waals surface area (Å²) < 4.78 is 0. The standard InChI is InChI=1S/C25H26N4O2S/c1-18-13-20(19-5-3-2-4-6-19)15-21(14-18)29-17-22(16-23(29)30)27-8-10-28(11-9-27)25(31)24-26-7-12-32-24/h2-7,12-15,22H,8-11,16-17H2,1H3. The molecule has 164 valence electrons. The lowest BCUT2D eigenvalue weighted by atomic mass is 10.0. The van der Waals surface area contributed by atoms with Crippen LogP contribution in [0.25, 0.3) is 11.1 Å². The number of thiazole rings is 1. The smallest absolute Gasteiger partial charge is 0.282 e. The number of hydrogen-bond acceptors (Lipinski definition) is 5. The van der Waals surface area contributed by atoms with Crippen LogP contribution in [0.3, 0.4) is 0 Å². The van der Waals surface area contributed by atoms with Crippen LogP contribution in [0.5, 0.6) is 0 Å². The molecule has 6 nitrogen and oxygen atoms in total. The zero-order valence-corrected chi connectivity index (χ0v) is 18.9. The van der Waals surface area contributed by atoms with Gasteiger partial charge in [-0.1, -0.05) is 36.4 Å². The SMILES string of the molecule is Cc1cc(-c2ccccc2)cc(N2CC(N3CCN(C(=O)c4nccs4)CC3)CC2=O)c1. The topological polar surface area (TPSA) is 56.8 Å². The van der Waals surface area contributed by atoms with E-state index in [4.69, 9.17) is 0 Å². The quantitative estimate of drug-likeness (QED) is 0.614. The van der Waals surface area contributed by atoms with Crippen molar-refractivity contribution >= 4 is 28.8 Å². The second-order valence-electron chi connectivity index (χ2n) is 8.45. The summed E-state index contributed by atoms with van der Waals surface area (Å²) in [5.74, 6) is 0.179. The van der Waals surface area contributed by atoms with E-state index < -0.39 is 0 Å². The molecular formula is C25H26N4O2S. The van der Waals surface area contributed by atoms with Crippen molar-refractivity contribution in [2.24, 2.45) is 0 Å². The van der Waals surface area contributed by atoms with E-state index in [1.807, 2.05) is 33.4 Å². The molecule has 2 fully saturated rings. The zero-order valence-electron chi connectivity index (χ0n) is 18.1. The largest absolute Gasteiger partial charge is 0.334 e. The number of aryl methyl sites for hydroxylation is 1. The number of carbonyl (C=O) groups is 2. The lowest BCUT2D eigenvalue weighted by molar-refractivity contribution is -0.117. The minimum Gasteiger partial charge on any atom is -0.334 e. The Kier molecular flexibility index (Phi) is 5.76. The minimum absolute atomic E-state index is 0.0111. The van der Waals surface area contributed by atoms with Gasteiger partial charge in [0.2, 0.25) is 5.91 Å². The normalized spacial score (nSPS) is 19.5. The number of nitrogens with zero attached hydrogens (tertiary/aromatic N) is 4. The van der Waals surface area contributed by atoms with Gasteiger partial charge in [0.15, 0.2) is 5.01 Å². The fourth-order valence-corrected chi connectivity index (χ4v) is 5.26. The molecule has 0 radical (unpaired) electrons. The summed E-state index contributed by atoms with van der Waals surface area (Å²) in [6.45, 7) is 5.68. The van der Waals surface area contributed by atoms with Crippen LogP contribution in [0.15, 0.2) is 60.1 Å². The van der Waals surface area contributed by atoms with E-state index in [1.165, 1.54) is 11.3 Å². The molecule has 0 N–H and O–H groups in total. The molecule has 3 aromatic rings. The molecule has 0 aliphatic carbocycles. The fraction of sp³-hybridized carbons (Fsp3) is 0.320. The summed E-state index contributed by atoms with van der Waals surface area (Å²) in [7, 11) is 0. The lowest BCUT2D eigenvalue weighted by Crippen LogP contribution is -2.52. The summed E-state index contributed by atoms with van der Waals surface area (Å²) in [6.07, 6.45) is 2.19. The van der Waals surface area contributed by atoms with Gasteiger partial charge in [-0.3, -0.25) is 14.5 Å². The van der Waals surface area contributed by atoms with Crippen molar-refractivity contribution in [3.05, 3.63) is 70.7 Å². The van der Waals surface area contributed by atoms with Gasteiger partial charge in [0, 0.05) is 62.5 Å². The highest BCUT2D eigenvalue weighted by molar-refractivity contribution is 7.11. The molecule has 2 aliphatic heterocycles. The highest BCUT2D eigenvalue weighted by Gasteiger charge is 2.36. The number of amides is 2. The molecule has 1 unspecified atom stereocenters. The Morgan fingerprint density at radius 1 is 1.03 bits per heavy atom. The predicted octanol–water partition coefficient (Wildman–Crippen LogP) is 3.68. The molecule has 2 aromatic carbocycles. The Labute approximate surface area is 192 Å². The summed E-state index contributed by atoms with van der Waals surface area (Å²) >= 11 is 1.38. The van der Waals surface area contributed by atoms with Gasteiger partial charge in [-0.2, -0.15) is 0 Å². The first-order chi connectivity index (χ1) is 15.6. The minimum atomic E-state index is 0.0111. The first kappa shape index (κ1) is 20.8. The summed E-state index contributed by atoms with van der Waals surface area (Å²) in [6, 6.07) is 16.8. The fourth-order valence-electron chi connectivity index (χ4n) is 4.65. The van der Waals surface area contributed by atoms with E-state index >= 15 is 0 Å². The van der Waals surface area contributed by atoms with Gasteiger partial charge in [-0.15, -0.1) is 11.3 Å². The molecule has 0 saturated carbocycles. The number of rotatable bonds is 4. The molecule has 2 amide bonds. The van der Waals surface area contributed by atoms with E-state index in [0.29, 0.717) is 31.1 Å². The van der Waals surface area contributed by atoms with Crippen LogP contribution in [-0.2, 0) is 4.79 Å². The molecule has 1 aromatic heterocycles. The first-order valence-electron chi connectivity index (χ1n) is 11.0. The Morgan fingerprint density at radius 2 is 1.81 bits per heavy atom. The molecule has 2 aliphatic rings. The maximum atomic E-state index is 12.9. The van der Waals surface area contributed by atoms with Gasteiger partial charge in [0.05, 0.1) is 0 Å². The third-order valence-electron chi connectivity index (χ3n) is 6.32. The van der Waals surface area contributed by atoms with Gasteiger partial charge in [-0.05, 0) is 35.7 Å². The third kappa shape index (κ3) is 4.18.